The summed E-state index contributed by atoms with van der Waals surface area (Å²) in [4.78, 5) is 5.21. The van der Waals surface area contributed by atoms with E-state index in [0.717, 1.165) is 25.8 Å². The van der Waals surface area contributed by atoms with Crippen LogP contribution in [0.4, 0.5) is 0 Å². The van der Waals surface area contributed by atoms with Crippen molar-refractivity contribution < 1.29 is 4.74 Å². The first-order valence-electron chi connectivity index (χ1n) is 7.95. The molecular weight excluding hydrogens is 238 g/mol. The summed E-state index contributed by atoms with van der Waals surface area (Å²) in [5, 5.41) is 0. The molecule has 0 aliphatic carbocycles. The zero-order chi connectivity index (χ0) is 13.7. The molecule has 0 radical (unpaired) electrons. The van der Waals surface area contributed by atoms with Gasteiger partial charge in [0.15, 0.2) is 0 Å². The number of rotatable bonds is 6. The maximum Gasteiger partial charge on any atom is 0.0593 e. The third-order valence-corrected chi connectivity index (χ3v) is 4.34. The summed E-state index contributed by atoms with van der Waals surface area (Å²) < 4.78 is 5.68. The lowest BCUT2D eigenvalue weighted by Gasteiger charge is -2.34. The second kappa shape index (κ2) is 7.58. The fraction of sp³-hybridized carbons (Fsp3) is 1.00. The number of nitrogens with zero attached hydrogens (tertiary/aromatic N) is 2. The Hall–Kier alpha value is -0.160. The van der Waals surface area contributed by atoms with Crippen LogP contribution in [0.25, 0.3) is 0 Å². The molecule has 2 aliphatic rings. The average Bonchev–Trinajstić information content (AvgIpc) is 2.84. The molecule has 0 amide bonds. The van der Waals surface area contributed by atoms with Crippen LogP contribution in [-0.4, -0.2) is 67.8 Å². The molecule has 2 heterocycles. The van der Waals surface area contributed by atoms with Gasteiger partial charge in [-0.1, -0.05) is 13.8 Å². The molecule has 112 valence electrons. The van der Waals surface area contributed by atoms with Gasteiger partial charge in [0.05, 0.1) is 6.61 Å². The van der Waals surface area contributed by atoms with Crippen LogP contribution >= 0.6 is 0 Å². The van der Waals surface area contributed by atoms with Crippen molar-refractivity contribution in [2.45, 2.75) is 45.2 Å². The highest BCUT2D eigenvalue weighted by atomic mass is 16.5. The van der Waals surface area contributed by atoms with Crippen molar-refractivity contribution in [2.24, 2.45) is 11.7 Å². The van der Waals surface area contributed by atoms with Gasteiger partial charge >= 0.3 is 0 Å². The molecule has 4 heteroatoms. The van der Waals surface area contributed by atoms with Crippen LogP contribution < -0.4 is 5.73 Å². The van der Waals surface area contributed by atoms with Gasteiger partial charge in [-0.25, -0.2) is 0 Å². The minimum Gasteiger partial charge on any atom is -0.380 e. The second-order valence-corrected chi connectivity index (χ2v) is 6.59. The highest BCUT2D eigenvalue weighted by Gasteiger charge is 2.29. The number of nitrogens with two attached hydrogens (primary N) is 1. The zero-order valence-corrected chi connectivity index (χ0v) is 12.7. The Kier molecular flexibility index (Phi) is 6.07. The topological polar surface area (TPSA) is 41.7 Å². The SMILES string of the molecule is CC(C)COCCN1CCC(N2CCC(N)CC2)C1. The number of likely N-dealkylation sites (tertiary alicyclic amines) is 2. The average molecular weight is 269 g/mol. The fourth-order valence-electron chi connectivity index (χ4n) is 3.11. The highest BCUT2D eigenvalue weighted by molar-refractivity contribution is 4.86. The van der Waals surface area contributed by atoms with E-state index in [-0.39, 0.29) is 0 Å². The smallest absolute Gasteiger partial charge is 0.0593 e. The molecule has 0 aromatic carbocycles. The van der Waals surface area contributed by atoms with Crippen molar-refractivity contribution in [3.63, 3.8) is 0 Å². The first-order valence-corrected chi connectivity index (χ1v) is 7.95. The molecule has 2 saturated heterocycles. The minimum atomic E-state index is 0.443. The molecule has 2 N–H and O–H groups in total. The van der Waals surface area contributed by atoms with Gasteiger partial charge in [0, 0.05) is 31.8 Å². The summed E-state index contributed by atoms with van der Waals surface area (Å²) in [6.07, 6.45) is 3.67. The van der Waals surface area contributed by atoms with E-state index in [1.165, 1.54) is 45.4 Å². The van der Waals surface area contributed by atoms with Crippen LogP contribution in [0.2, 0.25) is 0 Å². The predicted octanol–water partition coefficient (Wildman–Crippen LogP) is 1.16. The number of piperidine rings is 1. The molecular formula is C15H31N3O. The lowest BCUT2D eigenvalue weighted by atomic mass is 10.0. The zero-order valence-electron chi connectivity index (χ0n) is 12.7. The lowest BCUT2D eigenvalue weighted by molar-refractivity contribution is 0.0872. The minimum absolute atomic E-state index is 0.443. The van der Waals surface area contributed by atoms with Gasteiger partial charge in [0.25, 0.3) is 0 Å². The molecule has 2 fully saturated rings. The Labute approximate surface area is 118 Å². The molecule has 19 heavy (non-hydrogen) atoms. The Balaban J connectivity index is 1.60. The first-order chi connectivity index (χ1) is 9.15. The van der Waals surface area contributed by atoms with Gasteiger partial charge in [-0.05, 0) is 44.8 Å². The van der Waals surface area contributed by atoms with E-state index >= 15 is 0 Å². The van der Waals surface area contributed by atoms with E-state index in [2.05, 4.69) is 23.6 Å². The van der Waals surface area contributed by atoms with Crippen LogP contribution in [0.5, 0.6) is 0 Å². The van der Waals surface area contributed by atoms with Crippen LogP contribution in [-0.2, 0) is 4.74 Å². The van der Waals surface area contributed by atoms with Gasteiger partial charge in [0.2, 0.25) is 0 Å². The molecule has 1 atom stereocenters. The van der Waals surface area contributed by atoms with E-state index in [1.54, 1.807) is 0 Å². The molecule has 0 spiro atoms. The standard InChI is InChI=1S/C15H31N3O/c1-13(2)12-19-10-9-17-6-5-15(11-17)18-7-3-14(16)4-8-18/h13-15H,3-12,16H2,1-2H3. The second-order valence-electron chi connectivity index (χ2n) is 6.59. The summed E-state index contributed by atoms with van der Waals surface area (Å²) in [7, 11) is 0. The van der Waals surface area contributed by atoms with E-state index < -0.39 is 0 Å². The predicted molar refractivity (Wildman–Crippen MR) is 79.3 cm³/mol. The third-order valence-electron chi connectivity index (χ3n) is 4.34. The number of hydrogen-bond donors (Lipinski definition) is 1. The molecule has 2 aliphatic heterocycles. The van der Waals surface area contributed by atoms with Crippen molar-refractivity contribution in [1.29, 1.82) is 0 Å². The lowest BCUT2D eigenvalue weighted by Crippen LogP contribution is -2.46. The van der Waals surface area contributed by atoms with E-state index in [9.17, 15) is 0 Å². The Bertz CT molecular complexity index is 252. The third kappa shape index (κ3) is 5.03. The van der Waals surface area contributed by atoms with Crippen molar-refractivity contribution >= 4 is 0 Å². The van der Waals surface area contributed by atoms with Gasteiger partial charge in [0.1, 0.15) is 0 Å². The number of hydrogen-bond acceptors (Lipinski definition) is 4. The van der Waals surface area contributed by atoms with Crippen LogP contribution in [0.1, 0.15) is 33.1 Å². The van der Waals surface area contributed by atoms with Gasteiger partial charge in [-0.15, -0.1) is 0 Å². The quantitative estimate of drug-likeness (QED) is 0.735. The Morgan fingerprint density at radius 2 is 1.89 bits per heavy atom. The Morgan fingerprint density at radius 1 is 1.16 bits per heavy atom. The van der Waals surface area contributed by atoms with Crippen molar-refractivity contribution in [1.82, 2.24) is 9.80 Å². The molecule has 0 aromatic heterocycles. The first kappa shape index (κ1) is 15.2. The van der Waals surface area contributed by atoms with Crippen molar-refractivity contribution in [3.8, 4) is 0 Å². The molecule has 0 aromatic rings. The molecule has 0 bridgehead atoms. The van der Waals surface area contributed by atoms with Crippen molar-refractivity contribution in [3.05, 3.63) is 0 Å². The summed E-state index contributed by atoms with van der Waals surface area (Å²) in [6, 6.07) is 1.20. The summed E-state index contributed by atoms with van der Waals surface area (Å²) >= 11 is 0. The maximum atomic E-state index is 5.97. The monoisotopic (exact) mass is 269 g/mol. The normalized spacial score (nSPS) is 27.5. The van der Waals surface area contributed by atoms with Gasteiger partial charge in [-0.3, -0.25) is 9.80 Å². The molecule has 4 nitrogen and oxygen atoms in total. The van der Waals surface area contributed by atoms with Gasteiger partial charge in [-0.2, -0.15) is 0 Å². The van der Waals surface area contributed by atoms with Crippen LogP contribution in [0.15, 0.2) is 0 Å². The Morgan fingerprint density at radius 3 is 2.58 bits per heavy atom. The highest BCUT2D eigenvalue weighted by Crippen LogP contribution is 2.19. The summed E-state index contributed by atoms with van der Waals surface area (Å²) in [6.45, 7) is 12.1. The van der Waals surface area contributed by atoms with E-state index in [4.69, 9.17) is 10.5 Å². The van der Waals surface area contributed by atoms with Crippen molar-refractivity contribution in [2.75, 3.05) is 45.9 Å². The largest absolute Gasteiger partial charge is 0.380 e. The fourth-order valence-corrected chi connectivity index (χ4v) is 3.11. The maximum absolute atomic E-state index is 5.97. The van der Waals surface area contributed by atoms with E-state index in [0.29, 0.717) is 12.0 Å². The van der Waals surface area contributed by atoms with E-state index in [1.807, 2.05) is 0 Å². The van der Waals surface area contributed by atoms with Crippen LogP contribution in [0.3, 0.4) is 0 Å². The summed E-state index contributed by atoms with van der Waals surface area (Å²) in [5.74, 6) is 0.642. The number of ether oxygens (including phenoxy) is 1. The molecule has 2 rings (SSSR count). The van der Waals surface area contributed by atoms with Gasteiger partial charge < -0.3 is 10.5 Å². The molecule has 1 unspecified atom stereocenters. The summed E-state index contributed by atoms with van der Waals surface area (Å²) in [5.41, 5.74) is 5.97. The van der Waals surface area contributed by atoms with Crippen LogP contribution in [0, 0.1) is 5.92 Å². The molecule has 0 saturated carbocycles.